The summed E-state index contributed by atoms with van der Waals surface area (Å²) in [5.74, 6) is 0. The van der Waals surface area contributed by atoms with Crippen molar-refractivity contribution in [2.24, 2.45) is 5.14 Å². The van der Waals surface area contributed by atoms with Crippen molar-refractivity contribution in [3.05, 3.63) is 18.2 Å². The fourth-order valence-electron chi connectivity index (χ4n) is 1.64. The summed E-state index contributed by atoms with van der Waals surface area (Å²) in [6, 6.07) is 3.35. The van der Waals surface area contributed by atoms with Crippen LogP contribution in [0.1, 0.15) is 0 Å². The lowest BCUT2D eigenvalue weighted by Gasteiger charge is -2.26. The second-order valence-corrected chi connectivity index (χ2v) is 5.56. The van der Waals surface area contributed by atoms with Crippen LogP contribution in [0.3, 0.4) is 0 Å². The Bertz CT molecular complexity index is 575. The first-order chi connectivity index (χ1) is 9.04. The number of primary sulfonamides is 1. The van der Waals surface area contributed by atoms with Crippen LogP contribution in [0.4, 0.5) is 24.5 Å². The monoisotopic (exact) mass is 313 g/mol. The number of anilines is 2. The van der Waals surface area contributed by atoms with E-state index in [0.29, 0.717) is 4.90 Å². The van der Waals surface area contributed by atoms with E-state index in [0.717, 1.165) is 12.1 Å². The Balaban J connectivity index is 3.33. The molecule has 0 aliphatic carbocycles. The fourth-order valence-corrected chi connectivity index (χ4v) is 2.43. The molecule has 6 nitrogen and oxygen atoms in total. The summed E-state index contributed by atoms with van der Waals surface area (Å²) in [5, 5.41) is 13.8. The van der Waals surface area contributed by atoms with E-state index >= 15 is 0 Å². The maximum absolute atomic E-state index is 12.5. The lowest BCUT2D eigenvalue weighted by molar-refractivity contribution is -0.119. The number of halogens is 3. The minimum absolute atomic E-state index is 0.0498. The van der Waals surface area contributed by atoms with Gasteiger partial charge >= 0.3 is 6.18 Å². The van der Waals surface area contributed by atoms with Gasteiger partial charge in [-0.15, -0.1) is 0 Å². The van der Waals surface area contributed by atoms with Gasteiger partial charge < -0.3 is 15.7 Å². The third-order valence-corrected chi connectivity index (χ3v) is 3.31. The number of alkyl halides is 3. The summed E-state index contributed by atoms with van der Waals surface area (Å²) < 4.78 is 60.3. The summed E-state index contributed by atoms with van der Waals surface area (Å²) in [6.45, 7) is -2.39. The van der Waals surface area contributed by atoms with Crippen molar-refractivity contribution in [2.75, 3.05) is 30.3 Å². The molecule has 5 N–H and O–H groups in total. The Hall–Kier alpha value is -1.52. The summed E-state index contributed by atoms with van der Waals surface area (Å²) in [5.41, 5.74) is 5.21. The van der Waals surface area contributed by atoms with Gasteiger partial charge in [0.2, 0.25) is 10.0 Å². The molecule has 0 saturated carbocycles. The minimum Gasteiger partial charge on any atom is -0.399 e. The van der Waals surface area contributed by atoms with Crippen LogP contribution in [0.25, 0.3) is 0 Å². The molecule has 0 aliphatic heterocycles. The van der Waals surface area contributed by atoms with E-state index in [1.807, 2.05) is 0 Å². The van der Waals surface area contributed by atoms with Gasteiger partial charge in [-0.3, -0.25) is 0 Å². The normalized spacial score (nSPS) is 12.4. The number of benzene rings is 1. The lowest BCUT2D eigenvalue weighted by Crippen LogP contribution is -2.37. The molecule has 1 rings (SSSR count). The Morgan fingerprint density at radius 1 is 1.30 bits per heavy atom. The quantitative estimate of drug-likeness (QED) is 0.676. The zero-order valence-corrected chi connectivity index (χ0v) is 11.1. The summed E-state index contributed by atoms with van der Waals surface area (Å²) in [7, 11) is -4.25. The number of sulfonamides is 1. The first-order valence-corrected chi connectivity index (χ1v) is 6.94. The predicted octanol–water partition coefficient (Wildman–Crippen LogP) is 0.277. The van der Waals surface area contributed by atoms with Crippen molar-refractivity contribution in [2.45, 2.75) is 11.1 Å². The molecule has 114 valence electrons. The van der Waals surface area contributed by atoms with Crippen molar-refractivity contribution in [1.82, 2.24) is 0 Å². The first-order valence-electron chi connectivity index (χ1n) is 5.39. The van der Waals surface area contributed by atoms with E-state index in [2.05, 4.69) is 0 Å². The standard InChI is InChI=1S/C10H14F3N3O3S/c11-10(12,13)6-16(3-4-17)8-2-1-7(14)5-9(8)20(15,18)19/h1-2,5,17H,3-4,6,14H2,(H2,15,18,19). The van der Waals surface area contributed by atoms with Gasteiger partial charge in [0, 0.05) is 12.2 Å². The van der Waals surface area contributed by atoms with Crippen LogP contribution >= 0.6 is 0 Å². The molecule has 0 spiro atoms. The van der Waals surface area contributed by atoms with E-state index < -0.39 is 40.8 Å². The zero-order chi connectivity index (χ0) is 15.6. The van der Waals surface area contributed by atoms with Crippen LogP contribution in [0.5, 0.6) is 0 Å². The largest absolute Gasteiger partial charge is 0.405 e. The third kappa shape index (κ3) is 4.54. The molecule has 0 saturated heterocycles. The van der Waals surface area contributed by atoms with E-state index in [9.17, 15) is 21.6 Å². The van der Waals surface area contributed by atoms with Crippen LogP contribution < -0.4 is 15.8 Å². The van der Waals surface area contributed by atoms with Crippen molar-refractivity contribution in [3.8, 4) is 0 Å². The highest BCUT2D eigenvalue weighted by Gasteiger charge is 2.32. The minimum atomic E-state index is -4.56. The Labute approximate surface area is 113 Å². The molecule has 1 aromatic rings. The van der Waals surface area contributed by atoms with Gasteiger partial charge in [-0.25, -0.2) is 13.6 Å². The highest BCUT2D eigenvalue weighted by Crippen LogP contribution is 2.29. The van der Waals surface area contributed by atoms with Gasteiger partial charge in [0.15, 0.2) is 0 Å². The Kier molecular flexibility index (Phi) is 4.84. The zero-order valence-electron chi connectivity index (χ0n) is 10.3. The average molecular weight is 313 g/mol. The first kappa shape index (κ1) is 16.5. The molecule has 0 fully saturated rings. The molecular formula is C10H14F3N3O3S. The topological polar surface area (TPSA) is 110 Å². The third-order valence-electron chi connectivity index (χ3n) is 2.37. The summed E-state index contributed by atoms with van der Waals surface area (Å²) in [4.78, 5) is 0.161. The Morgan fingerprint density at radius 2 is 1.90 bits per heavy atom. The van der Waals surface area contributed by atoms with Crippen molar-refractivity contribution < 1.29 is 26.7 Å². The number of nitrogen functional groups attached to an aromatic ring is 1. The SMILES string of the molecule is Nc1ccc(N(CCO)CC(F)(F)F)c(S(N)(=O)=O)c1. The second-order valence-electron chi connectivity index (χ2n) is 4.03. The number of hydrogen-bond acceptors (Lipinski definition) is 5. The van der Waals surface area contributed by atoms with Crippen LogP contribution in [0.2, 0.25) is 0 Å². The molecular weight excluding hydrogens is 299 g/mol. The van der Waals surface area contributed by atoms with Gasteiger partial charge in [-0.05, 0) is 18.2 Å². The Morgan fingerprint density at radius 3 is 2.35 bits per heavy atom. The molecule has 0 aromatic heterocycles. The van der Waals surface area contributed by atoms with E-state index in [-0.39, 0.29) is 11.4 Å². The second kappa shape index (κ2) is 5.85. The number of rotatable bonds is 5. The van der Waals surface area contributed by atoms with Crippen LogP contribution in [0, 0.1) is 0 Å². The van der Waals surface area contributed by atoms with Crippen LogP contribution in [-0.4, -0.2) is 39.4 Å². The van der Waals surface area contributed by atoms with Crippen molar-refractivity contribution >= 4 is 21.4 Å². The molecule has 0 atom stereocenters. The molecule has 0 bridgehead atoms. The van der Waals surface area contributed by atoms with Gasteiger partial charge in [0.25, 0.3) is 0 Å². The van der Waals surface area contributed by atoms with Crippen molar-refractivity contribution in [3.63, 3.8) is 0 Å². The number of aliphatic hydroxyl groups is 1. The molecule has 0 unspecified atom stereocenters. The van der Waals surface area contributed by atoms with Crippen LogP contribution in [0.15, 0.2) is 23.1 Å². The van der Waals surface area contributed by atoms with E-state index in [1.54, 1.807) is 0 Å². The highest BCUT2D eigenvalue weighted by atomic mass is 32.2. The number of aliphatic hydroxyl groups excluding tert-OH is 1. The molecule has 1 aromatic carbocycles. The average Bonchev–Trinajstić information content (AvgIpc) is 2.25. The van der Waals surface area contributed by atoms with Gasteiger partial charge in [0.05, 0.1) is 12.3 Å². The smallest absolute Gasteiger partial charge is 0.399 e. The summed E-state index contributed by atoms with van der Waals surface area (Å²) >= 11 is 0. The van der Waals surface area contributed by atoms with Crippen LogP contribution in [-0.2, 0) is 10.0 Å². The molecule has 10 heteroatoms. The number of nitrogens with zero attached hydrogens (tertiary/aromatic N) is 1. The van der Waals surface area contributed by atoms with E-state index in [1.165, 1.54) is 6.07 Å². The molecule has 0 amide bonds. The molecule has 20 heavy (non-hydrogen) atoms. The summed E-state index contributed by atoms with van der Waals surface area (Å²) in [6.07, 6.45) is -4.56. The van der Waals surface area contributed by atoms with Gasteiger partial charge in [-0.2, -0.15) is 13.2 Å². The maximum Gasteiger partial charge on any atom is 0.405 e. The highest BCUT2D eigenvalue weighted by molar-refractivity contribution is 7.89. The maximum atomic E-state index is 12.5. The van der Waals surface area contributed by atoms with Gasteiger partial charge in [-0.1, -0.05) is 0 Å². The molecule has 0 heterocycles. The van der Waals surface area contributed by atoms with Gasteiger partial charge in [0.1, 0.15) is 11.4 Å². The molecule has 0 radical (unpaired) electrons. The fraction of sp³-hybridized carbons (Fsp3) is 0.400. The number of hydrogen-bond donors (Lipinski definition) is 3. The lowest BCUT2D eigenvalue weighted by atomic mass is 10.2. The molecule has 0 aliphatic rings. The van der Waals surface area contributed by atoms with E-state index in [4.69, 9.17) is 16.0 Å². The van der Waals surface area contributed by atoms with Crippen molar-refractivity contribution in [1.29, 1.82) is 0 Å². The predicted molar refractivity (Wildman–Crippen MR) is 67.6 cm³/mol. The number of nitrogens with two attached hydrogens (primary N) is 2.